The summed E-state index contributed by atoms with van der Waals surface area (Å²) in [6, 6.07) is 5.21. The molecule has 0 bridgehead atoms. The number of hydrogen-bond donors (Lipinski definition) is 2. The summed E-state index contributed by atoms with van der Waals surface area (Å²) >= 11 is 0. The Morgan fingerprint density at radius 2 is 2.21 bits per heavy atom. The maximum absolute atomic E-state index is 5.39. The van der Waals surface area contributed by atoms with Crippen molar-refractivity contribution in [3.63, 3.8) is 0 Å². The second-order valence-corrected chi connectivity index (χ2v) is 2.69. The van der Waals surface area contributed by atoms with Crippen molar-refractivity contribution in [2.24, 2.45) is 0 Å². The van der Waals surface area contributed by atoms with Crippen LogP contribution >= 0.6 is 0 Å². The van der Waals surface area contributed by atoms with Crippen molar-refractivity contribution < 1.29 is 4.52 Å². The highest BCUT2D eigenvalue weighted by atomic mass is 16.5. The van der Waals surface area contributed by atoms with Gasteiger partial charge in [0.2, 0.25) is 0 Å². The number of anilines is 2. The fourth-order valence-corrected chi connectivity index (χ4v) is 0.947. The molecule has 0 radical (unpaired) electrons. The zero-order chi connectivity index (χ0) is 9.80. The molecule has 72 valence electrons. The molecule has 2 heterocycles. The molecule has 0 fully saturated rings. The van der Waals surface area contributed by atoms with Crippen molar-refractivity contribution in [1.29, 1.82) is 0 Å². The first-order valence-corrected chi connectivity index (χ1v) is 4.07. The molecular formula is C8H9N5O. The SMILES string of the molecule is Nc1ccc(NCc2ccon2)nn1. The second-order valence-electron chi connectivity index (χ2n) is 2.69. The second kappa shape index (κ2) is 3.73. The molecule has 0 aliphatic heterocycles. The largest absolute Gasteiger partial charge is 0.382 e. The Bertz CT molecular complexity index is 383. The molecule has 2 rings (SSSR count). The maximum Gasteiger partial charge on any atom is 0.149 e. The van der Waals surface area contributed by atoms with Crippen LogP contribution in [0.5, 0.6) is 0 Å². The topological polar surface area (TPSA) is 89.9 Å². The predicted octanol–water partition coefficient (Wildman–Crippen LogP) is 0.659. The molecule has 14 heavy (non-hydrogen) atoms. The normalized spacial score (nSPS) is 10.0. The van der Waals surface area contributed by atoms with Gasteiger partial charge in [-0.1, -0.05) is 5.16 Å². The Labute approximate surface area is 80.1 Å². The third kappa shape index (κ3) is 1.98. The van der Waals surface area contributed by atoms with E-state index in [4.69, 9.17) is 5.73 Å². The number of hydrogen-bond acceptors (Lipinski definition) is 6. The van der Waals surface area contributed by atoms with E-state index >= 15 is 0 Å². The highest BCUT2D eigenvalue weighted by molar-refractivity contribution is 5.38. The van der Waals surface area contributed by atoms with Crippen molar-refractivity contribution in [1.82, 2.24) is 15.4 Å². The summed E-state index contributed by atoms with van der Waals surface area (Å²) < 4.78 is 4.68. The quantitative estimate of drug-likeness (QED) is 0.740. The fourth-order valence-electron chi connectivity index (χ4n) is 0.947. The summed E-state index contributed by atoms with van der Waals surface area (Å²) in [6.45, 7) is 0.551. The van der Waals surface area contributed by atoms with E-state index in [-0.39, 0.29) is 0 Å². The standard InChI is InChI=1S/C8H9N5O/c9-7-1-2-8(12-11-7)10-5-6-3-4-14-13-6/h1-4H,5H2,(H2,9,11)(H,10,12). The van der Waals surface area contributed by atoms with Crippen LogP contribution in [-0.2, 0) is 6.54 Å². The lowest BCUT2D eigenvalue weighted by molar-refractivity contribution is 0.412. The number of nitrogens with two attached hydrogens (primary N) is 1. The van der Waals surface area contributed by atoms with E-state index in [0.29, 0.717) is 18.2 Å². The van der Waals surface area contributed by atoms with Crippen molar-refractivity contribution in [3.05, 3.63) is 30.2 Å². The Balaban J connectivity index is 1.95. The minimum atomic E-state index is 0.400. The van der Waals surface area contributed by atoms with E-state index in [1.807, 2.05) is 0 Å². The van der Waals surface area contributed by atoms with Gasteiger partial charge in [0.1, 0.15) is 23.6 Å². The molecule has 2 aromatic heterocycles. The molecule has 0 saturated carbocycles. The molecule has 6 nitrogen and oxygen atoms in total. The smallest absolute Gasteiger partial charge is 0.149 e. The van der Waals surface area contributed by atoms with Gasteiger partial charge in [-0.3, -0.25) is 0 Å². The monoisotopic (exact) mass is 191 g/mol. The van der Waals surface area contributed by atoms with Crippen LogP contribution in [-0.4, -0.2) is 15.4 Å². The van der Waals surface area contributed by atoms with Crippen LogP contribution in [0.2, 0.25) is 0 Å². The summed E-state index contributed by atoms with van der Waals surface area (Å²) in [5, 5.41) is 14.3. The molecule has 3 N–H and O–H groups in total. The number of nitrogens with one attached hydrogen (secondary N) is 1. The average Bonchev–Trinajstić information content (AvgIpc) is 2.70. The van der Waals surface area contributed by atoms with Crippen molar-refractivity contribution >= 4 is 11.6 Å². The van der Waals surface area contributed by atoms with E-state index in [1.165, 1.54) is 6.26 Å². The van der Waals surface area contributed by atoms with E-state index in [1.54, 1.807) is 18.2 Å². The Morgan fingerprint density at radius 3 is 2.86 bits per heavy atom. The maximum atomic E-state index is 5.39. The molecule has 0 amide bonds. The Morgan fingerprint density at radius 1 is 1.29 bits per heavy atom. The minimum Gasteiger partial charge on any atom is -0.382 e. The summed E-state index contributed by atoms with van der Waals surface area (Å²) in [5.74, 6) is 1.05. The van der Waals surface area contributed by atoms with Gasteiger partial charge in [0.05, 0.1) is 6.54 Å². The van der Waals surface area contributed by atoms with Gasteiger partial charge in [-0.15, -0.1) is 10.2 Å². The van der Waals surface area contributed by atoms with Crippen LogP contribution in [0.3, 0.4) is 0 Å². The first-order valence-electron chi connectivity index (χ1n) is 4.07. The first-order chi connectivity index (χ1) is 6.84. The van der Waals surface area contributed by atoms with Crippen LogP contribution in [0.4, 0.5) is 11.6 Å². The lowest BCUT2D eigenvalue weighted by Crippen LogP contribution is -2.03. The molecule has 2 aromatic rings. The van der Waals surface area contributed by atoms with Gasteiger partial charge in [-0.25, -0.2) is 0 Å². The van der Waals surface area contributed by atoms with Gasteiger partial charge in [0.25, 0.3) is 0 Å². The predicted molar refractivity (Wildman–Crippen MR) is 50.3 cm³/mol. The highest BCUT2D eigenvalue weighted by Gasteiger charge is 1.97. The summed E-state index contributed by atoms with van der Waals surface area (Å²) in [6.07, 6.45) is 1.52. The van der Waals surface area contributed by atoms with Gasteiger partial charge >= 0.3 is 0 Å². The zero-order valence-electron chi connectivity index (χ0n) is 7.34. The van der Waals surface area contributed by atoms with Crippen molar-refractivity contribution in [2.75, 3.05) is 11.1 Å². The van der Waals surface area contributed by atoms with Gasteiger partial charge in [0, 0.05) is 6.07 Å². The summed E-state index contributed by atoms with van der Waals surface area (Å²) in [5.41, 5.74) is 6.20. The molecule has 0 unspecified atom stereocenters. The first kappa shape index (κ1) is 8.49. The van der Waals surface area contributed by atoms with Crippen molar-refractivity contribution in [3.8, 4) is 0 Å². The third-order valence-electron chi connectivity index (χ3n) is 1.63. The third-order valence-corrected chi connectivity index (χ3v) is 1.63. The van der Waals surface area contributed by atoms with E-state index in [2.05, 4.69) is 25.2 Å². The lowest BCUT2D eigenvalue weighted by atomic mass is 10.4. The molecule has 0 saturated heterocycles. The molecular weight excluding hydrogens is 182 g/mol. The molecule has 0 spiro atoms. The van der Waals surface area contributed by atoms with Gasteiger partial charge in [-0.2, -0.15) is 0 Å². The number of rotatable bonds is 3. The van der Waals surface area contributed by atoms with E-state index in [9.17, 15) is 0 Å². The van der Waals surface area contributed by atoms with E-state index in [0.717, 1.165) is 5.69 Å². The van der Waals surface area contributed by atoms with Crippen LogP contribution in [0.15, 0.2) is 29.0 Å². The molecule has 0 aliphatic rings. The average molecular weight is 191 g/mol. The van der Waals surface area contributed by atoms with Crippen LogP contribution in [0.25, 0.3) is 0 Å². The zero-order valence-corrected chi connectivity index (χ0v) is 7.34. The number of aromatic nitrogens is 3. The van der Waals surface area contributed by atoms with Gasteiger partial charge < -0.3 is 15.6 Å². The fraction of sp³-hybridized carbons (Fsp3) is 0.125. The lowest BCUT2D eigenvalue weighted by Gasteiger charge is -2.01. The van der Waals surface area contributed by atoms with Gasteiger partial charge in [-0.05, 0) is 12.1 Å². The minimum absolute atomic E-state index is 0.400. The Kier molecular flexibility index (Phi) is 2.26. The van der Waals surface area contributed by atoms with Crippen LogP contribution < -0.4 is 11.1 Å². The molecule has 0 aromatic carbocycles. The van der Waals surface area contributed by atoms with Gasteiger partial charge in [0.15, 0.2) is 0 Å². The summed E-state index contributed by atoms with van der Waals surface area (Å²) in [4.78, 5) is 0. The van der Waals surface area contributed by atoms with Crippen LogP contribution in [0.1, 0.15) is 5.69 Å². The molecule has 6 heteroatoms. The number of nitrogens with zero attached hydrogens (tertiary/aromatic N) is 3. The number of nitrogen functional groups attached to an aromatic ring is 1. The highest BCUT2D eigenvalue weighted by Crippen LogP contribution is 2.04. The molecule has 0 atom stereocenters. The van der Waals surface area contributed by atoms with Crippen LogP contribution in [0, 0.1) is 0 Å². The molecule has 0 aliphatic carbocycles. The summed E-state index contributed by atoms with van der Waals surface area (Å²) in [7, 11) is 0. The van der Waals surface area contributed by atoms with E-state index < -0.39 is 0 Å². The van der Waals surface area contributed by atoms with Crippen molar-refractivity contribution in [2.45, 2.75) is 6.54 Å². The Hall–Kier alpha value is -2.11.